The largest absolute Gasteiger partial charge is 0.491 e. The van der Waals surface area contributed by atoms with E-state index in [1.54, 1.807) is 11.3 Å². The van der Waals surface area contributed by atoms with Gasteiger partial charge < -0.3 is 10.1 Å². The molecule has 0 aliphatic heterocycles. The molecule has 4 nitrogen and oxygen atoms in total. The molecule has 1 aromatic carbocycles. The Labute approximate surface area is 111 Å². The van der Waals surface area contributed by atoms with Crippen LogP contribution in [0.3, 0.4) is 0 Å². The van der Waals surface area contributed by atoms with Gasteiger partial charge in [-0.15, -0.1) is 10.2 Å². The van der Waals surface area contributed by atoms with E-state index in [1.165, 1.54) is 0 Å². The number of aromatic nitrogens is 2. The van der Waals surface area contributed by atoms with E-state index in [1.807, 2.05) is 45.0 Å². The number of nitrogens with zero attached hydrogens (tertiary/aromatic N) is 2. The Balaban J connectivity index is 2.12. The molecule has 2 aromatic rings. The number of rotatable bonds is 5. The average molecular weight is 263 g/mol. The standard InChI is InChI=1S/C13H17N3OS/c1-4-14-13-16-15-12(18-13)10-5-7-11(8-6-10)17-9(2)3/h5-9H,4H2,1-3H3,(H,14,16). The van der Waals surface area contributed by atoms with E-state index in [-0.39, 0.29) is 6.10 Å². The van der Waals surface area contributed by atoms with Gasteiger partial charge in [0, 0.05) is 12.1 Å². The van der Waals surface area contributed by atoms with E-state index in [0.29, 0.717) is 0 Å². The summed E-state index contributed by atoms with van der Waals surface area (Å²) in [5.41, 5.74) is 1.06. The molecule has 0 unspecified atom stereocenters. The molecular weight excluding hydrogens is 246 g/mol. The quantitative estimate of drug-likeness (QED) is 0.898. The highest BCUT2D eigenvalue weighted by Gasteiger charge is 2.06. The van der Waals surface area contributed by atoms with Crippen LogP contribution in [0.1, 0.15) is 20.8 Å². The Morgan fingerprint density at radius 3 is 2.56 bits per heavy atom. The molecule has 0 saturated carbocycles. The molecule has 0 atom stereocenters. The highest BCUT2D eigenvalue weighted by Crippen LogP contribution is 2.27. The van der Waals surface area contributed by atoms with Gasteiger partial charge in [0.2, 0.25) is 5.13 Å². The molecule has 2 rings (SSSR count). The zero-order valence-electron chi connectivity index (χ0n) is 10.8. The minimum absolute atomic E-state index is 0.192. The van der Waals surface area contributed by atoms with Gasteiger partial charge in [0.1, 0.15) is 10.8 Å². The first-order valence-corrected chi connectivity index (χ1v) is 6.85. The van der Waals surface area contributed by atoms with E-state index >= 15 is 0 Å². The van der Waals surface area contributed by atoms with Gasteiger partial charge in [-0.1, -0.05) is 11.3 Å². The zero-order chi connectivity index (χ0) is 13.0. The fourth-order valence-corrected chi connectivity index (χ4v) is 2.33. The topological polar surface area (TPSA) is 47.0 Å². The van der Waals surface area contributed by atoms with Gasteiger partial charge in [-0.05, 0) is 45.0 Å². The third-order valence-corrected chi connectivity index (χ3v) is 3.16. The van der Waals surface area contributed by atoms with Crippen molar-refractivity contribution < 1.29 is 4.74 Å². The van der Waals surface area contributed by atoms with Crippen LogP contribution in [0.5, 0.6) is 5.75 Å². The van der Waals surface area contributed by atoms with Crippen molar-refractivity contribution in [2.75, 3.05) is 11.9 Å². The molecule has 0 radical (unpaired) electrons. The van der Waals surface area contributed by atoms with Gasteiger partial charge in [-0.25, -0.2) is 0 Å². The molecule has 0 aliphatic rings. The summed E-state index contributed by atoms with van der Waals surface area (Å²) >= 11 is 1.56. The zero-order valence-corrected chi connectivity index (χ0v) is 11.6. The van der Waals surface area contributed by atoms with Crippen molar-refractivity contribution in [2.45, 2.75) is 26.9 Å². The maximum atomic E-state index is 5.60. The normalized spacial score (nSPS) is 10.7. The van der Waals surface area contributed by atoms with Gasteiger partial charge in [0.15, 0.2) is 0 Å². The summed E-state index contributed by atoms with van der Waals surface area (Å²) in [5.74, 6) is 0.880. The molecule has 5 heteroatoms. The van der Waals surface area contributed by atoms with Gasteiger partial charge in [0.25, 0.3) is 0 Å². The summed E-state index contributed by atoms with van der Waals surface area (Å²) in [6.07, 6.45) is 0.192. The van der Waals surface area contributed by atoms with Gasteiger partial charge in [-0.2, -0.15) is 0 Å². The predicted molar refractivity (Wildman–Crippen MR) is 75.3 cm³/mol. The van der Waals surface area contributed by atoms with Crippen molar-refractivity contribution in [2.24, 2.45) is 0 Å². The second kappa shape index (κ2) is 5.82. The number of hydrogen-bond acceptors (Lipinski definition) is 5. The Bertz CT molecular complexity index is 493. The maximum absolute atomic E-state index is 5.60. The predicted octanol–water partition coefficient (Wildman–Crippen LogP) is 3.42. The van der Waals surface area contributed by atoms with Crippen LogP contribution in [-0.2, 0) is 0 Å². The first kappa shape index (κ1) is 12.8. The van der Waals surface area contributed by atoms with Crippen LogP contribution in [0.25, 0.3) is 10.6 Å². The minimum Gasteiger partial charge on any atom is -0.491 e. The SMILES string of the molecule is CCNc1nnc(-c2ccc(OC(C)C)cc2)s1. The highest BCUT2D eigenvalue weighted by molar-refractivity contribution is 7.18. The lowest BCUT2D eigenvalue weighted by atomic mass is 10.2. The van der Waals surface area contributed by atoms with E-state index in [9.17, 15) is 0 Å². The molecule has 1 heterocycles. The summed E-state index contributed by atoms with van der Waals surface area (Å²) in [4.78, 5) is 0. The van der Waals surface area contributed by atoms with Crippen LogP contribution >= 0.6 is 11.3 Å². The fourth-order valence-electron chi connectivity index (χ4n) is 1.51. The van der Waals surface area contributed by atoms with E-state index in [0.717, 1.165) is 28.0 Å². The average Bonchev–Trinajstić information content (AvgIpc) is 2.78. The number of benzene rings is 1. The van der Waals surface area contributed by atoms with E-state index in [4.69, 9.17) is 4.74 Å². The minimum atomic E-state index is 0.192. The van der Waals surface area contributed by atoms with Gasteiger partial charge in [-0.3, -0.25) is 0 Å². The molecule has 0 amide bonds. The summed E-state index contributed by atoms with van der Waals surface area (Å²) < 4.78 is 5.60. The number of nitrogens with one attached hydrogen (secondary N) is 1. The molecule has 0 fully saturated rings. The van der Waals surface area contributed by atoms with Crippen molar-refractivity contribution in [3.63, 3.8) is 0 Å². The molecule has 0 bridgehead atoms. The van der Waals surface area contributed by atoms with Crippen LogP contribution in [-0.4, -0.2) is 22.8 Å². The van der Waals surface area contributed by atoms with Crippen molar-refractivity contribution in [3.8, 4) is 16.3 Å². The first-order valence-electron chi connectivity index (χ1n) is 6.03. The van der Waals surface area contributed by atoms with E-state index < -0.39 is 0 Å². The lowest BCUT2D eigenvalue weighted by Gasteiger charge is -2.09. The molecule has 0 spiro atoms. The maximum Gasteiger partial charge on any atom is 0.205 e. The lowest BCUT2D eigenvalue weighted by Crippen LogP contribution is -2.05. The van der Waals surface area contributed by atoms with Crippen molar-refractivity contribution in [1.82, 2.24) is 10.2 Å². The molecular formula is C13H17N3OS. The van der Waals surface area contributed by atoms with Gasteiger partial charge in [0.05, 0.1) is 6.10 Å². The van der Waals surface area contributed by atoms with Crippen LogP contribution in [0, 0.1) is 0 Å². The molecule has 0 aliphatic carbocycles. The second-order valence-corrected chi connectivity index (χ2v) is 5.11. The number of ether oxygens (including phenoxy) is 1. The molecule has 1 N–H and O–H groups in total. The number of hydrogen-bond donors (Lipinski definition) is 1. The Hall–Kier alpha value is -1.62. The third kappa shape index (κ3) is 3.20. The fraction of sp³-hybridized carbons (Fsp3) is 0.385. The van der Waals surface area contributed by atoms with Crippen LogP contribution < -0.4 is 10.1 Å². The van der Waals surface area contributed by atoms with Crippen LogP contribution in [0.2, 0.25) is 0 Å². The monoisotopic (exact) mass is 263 g/mol. The summed E-state index contributed by atoms with van der Waals surface area (Å²) in [7, 11) is 0. The van der Waals surface area contributed by atoms with Crippen molar-refractivity contribution >= 4 is 16.5 Å². The van der Waals surface area contributed by atoms with Crippen molar-refractivity contribution in [3.05, 3.63) is 24.3 Å². The molecule has 18 heavy (non-hydrogen) atoms. The van der Waals surface area contributed by atoms with E-state index in [2.05, 4.69) is 15.5 Å². The van der Waals surface area contributed by atoms with Crippen molar-refractivity contribution in [1.29, 1.82) is 0 Å². The number of anilines is 1. The second-order valence-electron chi connectivity index (χ2n) is 4.13. The first-order chi connectivity index (χ1) is 8.69. The van der Waals surface area contributed by atoms with Crippen LogP contribution in [0.4, 0.5) is 5.13 Å². The Morgan fingerprint density at radius 1 is 1.22 bits per heavy atom. The summed E-state index contributed by atoms with van der Waals surface area (Å²) in [5, 5.41) is 13.2. The Kier molecular flexibility index (Phi) is 4.15. The molecule has 0 saturated heterocycles. The summed E-state index contributed by atoms with van der Waals surface area (Å²) in [6.45, 7) is 6.93. The lowest BCUT2D eigenvalue weighted by molar-refractivity contribution is 0.242. The van der Waals surface area contributed by atoms with Crippen LogP contribution in [0.15, 0.2) is 24.3 Å². The summed E-state index contributed by atoms with van der Waals surface area (Å²) in [6, 6.07) is 7.94. The Morgan fingerprint density at radius 2 is 1.94 bits per heavy atom. The smallest absolute Gasteiger partial charge is 0.205 e. The molecule has 96 valence electrons. The highest BCUT2D eigenvalue weighted by atomic mass is 32.1. The van der Waals surface area contributed by atoms with Gasteiger partial charge >= 0.3 is 0 Å². The third-order valence-electron chi connectivity index (χ3n) is 2.23. The molecule has 1 aromatic heterocycles.